The van der Waals surface area contributed by atoms with Crippen LogP contribution in [0.2, 0.25) is 0 Å². The van der Waals surface area contributed by atoms with Gasteiger partial charge in [-0.25, -0.2) is 4.79 Å². The van der Waals surface area contributed by atoms with E-state index >= 15 is 0 Å². The molecule has 0 bridgehead atoms. The number of rotatable bonds is 1. The van der Waals surface area contributed by atoms with Gasteiger partial charge >= 0.3 is 5.97 Å². The Labute approximate surface area is 68.0 Å². The van der Waals surface area contributed by atoms with Gasteiger partial charge < -0.3 is 15.7 Å². The minimum absolute atomic E-state index is 0.0650. The summed E-state index contributed by atoms with van der Waals surface area (Å²) in [6, 6.07) is 2.45. The number of hydrogen-bond acceptors (Lipinski definition) is 3. The summed E-state index contributed by atoms with van der Waals surface area (Å²) < 4.78 is 0.542. The van der Waals surface area contributed by atoms with Gasteiger partial charge in [0.2, 0.25) is 0 Å². The van der Waals surface area contributed by atoms with Crippen LogP contribution in [0.3, 0.4) is 0 Å². The van der Waals surface area contributed by atoms with Gasteiger partial charge in [-0.15, -0.1) is 0 Å². The van der Waals surface area contributed by atoms with Crippen molar-refractivity contribution < 1.29 is 15.1 Å². The maximum Gasteiger partial charge on any atom is 0.356 e. The molecule has 0 radical (unpaired) electrons. The van der Waals surface area contributed by atoms with Crippen molar-refractivity contribution in [2.75, 3.05) is 0 Å². The monoisotopic (exact) mass is 168 g/mol. The molecule has 0 saturated heterocycles. The van der Waals surface area contributed by atoms with Crippen molar-refractivity contribution in [2.24, 2.45) is 0 Å². The summed E-state index contributed by atoms with van der Waals surface area (Å²) >= 11 is 0. The van der Waals surface area contributed by atoms with Crippen LogP contribution in [0, 0.1) is 12.3 Å². The van der Waals surface area contributed by atoms with Gasteiger partial charge in [0.05, 0.1) is 11.1 Å². The normalized spacial score (nSPS) is 9.75. The molecule has 64 valence electrons. The zero-order chi connectivity index (χ0) is 9.30. The Bertz CT molecular complexity index is 381. The van der Waals surface area contributed by atoms with Crippen molar-refractivity contribution in [1.29, 1.82) is 5.41 Å². The van der Waals surface area contributed by atoms with Crippen LogP contribution in [0.25, 0.3) is 0 Å². The average molecular weight is 168 g/mol. The second-order valence-electron chi connectivity index (χ2n) is 2.39. The Morgan fingerprint density at radius 3 is 2.67 bits per heavy atom. The lowest BCUT2D eigenvalue weighted by Crippen LogP contribution is -2.16. The molecule has 0 aliphatic carbocycles. The van der Waals surface area contributed by atoms with Crippen molar-refractivity contribution in [3.05, 3.63) is 28.9 Å². The van der Waals surface area contributed by atoms with Gasteiger partial charge in [-0.2, -0.15) is 4.73 Å². The maximum atomic E-state index is 10.5. The predicted octanol–water partition coefficient (Wildman–Crippen LogP) is 0.211. The van der Waals surface area contributed by atoms with Gasteiger partial charge in [-0.05, 0) is 19.1 Å². The van der Waals surface area contributed by atoms with E-state index in [2.05, 4.69) is 0 Å². The third-order valence-electron chi connectivity index (χ3n) is 1.44. The summed E-state index contributed by atoms with van der Waals surface area (Å²) in [6.45, 7) is 1.52. The number of carboxylic acid groups (broad SMARTS) is 1. The summed E-state index contributed by atoms with van der Waals surface area (Å²) in [5, 5.41) is 24.9. The zero-order valence-electron chi connectivity index (χ0n) is 6.40. The van der Waals surface area contributed by atoms with Gasteiger partial charge in [0, 0.05) is 0 Å². The van der Waals surface area contributed by atoms with E-state index in [0.717, 1.165) is 6.07 Å². The van der Waals surface area contributed by atoms with Gasteiger partial charge in [0.25, 0.3) is 0 Å². The van der Waals surface area contributed by atoms with Crippen LogP contribution in [0.5, 0.6) is 0 Å². The van der Waals surface area contributed by atoms with Gasteiger partial charge in [-0.1, -0.05) is 0 Å². The molecule has 5 nitrogen and oxygen atoms in total. The Morgan fingerprint density at radius 1 is 1.58 bits per heavy atom. The topological polar surface area (TPSA) is 86.3 Å². The minimum atomic E-state index is -1.25. The molecule has 0 aliphatic rings. The number of nitrogens with one attached hydrogen (secondary N) is 1. The molecule has 1 aromatic rings. The molecule has 0 atom stereocenters. The molecule has 0 aliphatic heterocycles. The van der Waals surface area contributed by atoms with Gasteiger partial charge in [0.15, 0.2) is 5.69 Å². The van der Waals surface area contributed by atoms with E-state index in [1.54, 1.807) is 0 Å². The number of aromatic nitrogens is 1. The van der Waals surface area contributed by atoms with Crippen LogP contribution in [0.15, 0.2) is 12.1 Å². The van der Waals surface area contributed by atoms with Crippen LogP contribution in [0.1, 0.15) is 16.2 Å². The fourth-order valence-electron chi connectivity index (χ4n) is 0.879. The molecule has 3 N–H and O–H groups in total. The molecular formula is C7H8N2O3. The quantitative estimate of drug-likeness (QED) is 0.524. The minimum Gasteiger partial charge on any atom is -0.476 e. The first kappa shape index (κ1) is 8.32. The highest BCUT2D eigenvalue weighted by Gasteiger charge is 2.09. The van der Waals surface area contributed by atoms with E-state index in [1.807, 2.05) is 0 Å². The second kappa shape index (κ2) is 2.69. The fraction of sp³-hybridized carbons (Fsp3) is 0.143. The molecule has 5 heteroatoms. The SMILES string of the molecule is Cc1cc(=N)cc(C(=O)O)n1O. The van der Waals surface area contributed by atoms with Crippen LogP contribution < -0.4 is 5.36 Å². The molecule has 12 heavy (non-hydrogen) atoms. The molecule has 0 amide bonds. The van der Waals surface area contributed by atoms with E-state index in [1.165, 1.54) is 13.0 Å². The highest BCUT2D eigenvalue weighted by atomic mass is 16.5. The van der Waals surface area contributed by atoms with Crippen LogP contribution >= 0.6 is 0 Å². The number of pyridine rings is 1. The Balaban J connectivity index is 3.48. The van der Waals surface area contributed by atoms with Crippen molar-refractivity contribution >= 4 is 5.97 Å². The lowest BCUT2D eigenvalue weighted by atomic mass is 10.3. The van der Waals surface area contributed by atoms with Crippen molar-refractivity contribution in [1.82, 2.24) is 4.73 Å². The zero-order valence-corrected chi connectivity index (χ0v) is 6.40. The largest absolute Gasteiger partial charge is 0.476 e. The first-order chi connectivity index (χ1) is 5.52. The highest BCUT2D eigenvalue weighted by molar-refractivity contribution is 5.85. The Hall–Kier alpha value is -1.78. The molecular weight excluding hydrogens is 160 g/mol. The van der Waals surface area contributed by atoms with Crippen molar-refractivity contribution in [3.63, 3.8) is 0 Å². The van der Waals surface area contributed by atoms with E-state index in [-0.39, 0.29) is 11.1 Å². The number of aromatic carboxylic acids is 1. The standard InChI is InChI=1S/C7H8N2O3/c1-4-2-5(8)3-6(7(10)11)9(4)12/h2-3,8,12H,1H3,(H,10,11). The smallest absolute Gasteiger partial charge is 0.356 e. The summed E-state index contributed by atoms with van der Waals surface area (Å²) in [5.41, 5.74) is 0.0138. The fourth-order valence-corrected chi connectivity index (χ4v) is 0.879. The van der Waals surface area contributed by atoms with Crippen molar-refractivity contribution in [2.45, 2.75) is 6.92 Å². The van der Waals surface area contributed by atoms with Crippen molar-refractivity contribution in [3.8, 4) is 0 Å². The second-order valence-corrected chi connectivity index (χ2v) is 2.39. The summed E-state index contributed by atoms with van der Waals surface area (Å²) in [6.07, 6.45) is 0. The molecule has 0 aromatic carbocycles. The lowest BCUT2D eigenvalue weighted by molar-refractivity contribution is 0.0636. The average Bonchev–Trinajstić information content (AvgIpc) is 1.96. The number of carboxylic acids is 1. The van der Waals surface area contributed by atoms with E-state index < -0.39 is 5.97 Å². The maximum absolute atomic E-state index is 10.5. The predicted molar refractivity (Wildman–Crippen MR) is 39.2 cm³/mol. The summed E-state index contributed by atoms with van der Waals surface area (Å²) in [4.78, 5) is 10.5. The van der Waals surface area contributed by atoms with Crippen LogP contribution in [0.4, 0.5) is 0 Å². The summed E-state index contributed by atoms with van der Waals surface area (Å²) in [5.74, 6) is -1.25. The molecule has 1 aromatic heterocycles. The van der Waals surface area contributed by atoms with Crippen LogP contribution in [-0.4, -0.2) is 21.0 Å². The van der Waals surface area contributed by atoms with E-state index in [4.69, 9.17) is 15.7 Å². The number of aryl methyl sites for hydroxylation is 1. The third-order valence-corrected chi connectivity index (χ3v) is 1.44. The van der Waals surface area contributed by atoms with E-state index in [0.29, 0.717) is 10.4 Å². The number of carbonyl (C=O) groups is 1. The number of hydrogen-bond donors (Lipinski definition) is 3. The summed E-state index contributed by atoms with van der Waals surface area (Å²) in [7, 11) is 0. The molecule has 0 saturated carbocycles. The molecule has 1 rings (SSSR count). The first-order valence-corrected chi connectivity index (χ1v) is 3.23. The van der Waals surface area contributed by atoms with Crippen LogP contribution in [-0.2, 0) is 0 Å². The Kier molecular flexibility index (Phi) is 1.86. The van der Waals surface area contributed by atoms with E-state index in [9.17, 15) is 4.79 Å². The molecule has 0 unspecified atom stereocenters. The van der Waals surface area contributed by atoms with Gasteiger partial charge in [-0.3, -0.25) is 0 Å². The number of nitrogens with zero attached hydrogens (tertiary/aromatic N) is 1. The van der Waals surface area contributed by atoms with Gasteiger partial charge in [0.1, 0.15) is 0 Å². The third kappa shape index (κ3) is 1.29. The molecule has 0 spiro atoms. The lowest BCUT2D eigenvalue weighted by Gasteiger charge is -2.05. The Morgan fingerprint density at radius 2 is 2.17 bits per heavy atom. The molecule has 1 heterocycles. The first-order valence-electron chi connectivity index (χ1n) is 3.23. The molecule has 0 fully saturated rings. The highest BCUT2D eigenvalue weighted by Crippen LogP contribution is 1.98.